The van der Waals surface area contributed by atoms with Gasteiger partial charge in [-0.1, -0.05) is 29.8 Å². The Hall–Kier alpha value is -3.87. The van der Waals surface area contributed by atoms with Gasteiger partial charge < -0.3 is 14.6 Å². The molecule has 0 bridgehead atoms. The van der Waals surface area contributed by atoms with Crippen molar-refractivity contribution in [3.63, 3.8) is 0 Å². The van der Waals surface area contributed by atoms with Crippen molar-refractivity contribution >= 4 is 18.0 Å². The molecule has 0 atom stereocenters. The predicted molar refractivity (Wildman–Crippen MR) is 111 cm³/mol. The number of carbonyl (C=O) groups is 1. The van der Waals surface area contributed by atoms with Gasteiger partial charge in [0.25, 0.3) is 0 Å². The first-order valence-electron chi connectivity index (χ1n) is 8.90. The SMILES string of the molecule is COc1ccc(/C=N/Nc2ccc(C(=O)O)cn2)cc1OCc1ccc(C)cc1. The van der Waals surface area contributed by atoms with Crippen LogP contribution >= 0.6 is 0 Å². The molecule has 0 spiro atoms. The summed E-state index contributed by atoms with van der Waals surface area (Å²) in [7, 11) is 1.59. The Labute approximate surface area is 168 Å². The number of rotatable bonds is 8. The number of methoxy groups -OCH3 is 1. The first-order valence-corrected chi connectivity index (χ1v) is 8.90. The summed E-state index contributed by atoms with van der Waals surface area (Å²) < 4.78 is 11.3. The Kier molecular flexibility index (Phi) is 6.42. The molecule has 148 valence electrons. The Morgan fingerprint density at radius 1 is 1.14 bits per heavy atom. The van der Waals surface area contributed by atoms with Gasteiger partial charge in [-0.25, -0.2) is 9.78 Å². The van der Waals surface area contributed by atoms with E-state index in [0.717, 1.165) is 11.1 Å². The van der Waals surface area contributed by atoms with E-state index in [2.05, 4.69) is 15.5 Å². The van der Waals surface area contributed by atoms with Crippen LogP contribution < -0.4 is 14.9 Å². The van der Waals surface area contributed by atoms with E-state index in [0.29, 0.717) is 23.9 Å². The van der Waals surface area contributed by atoms with Crippen LogP contribution in [0.5, 0.6) is 11.5 Å². The van der Waals surface area contributed by atoms with Crippen LogP contribution in [0, 0.1) is 6.92 Å². The lowest BCUT2D eigenvalue weighted by Crippen LogP contribution is -2.00. The van der Waals surface area contributed by atoms with Crippen molar-refractivity contribution in [2.45, 2.75) is 13.5 Å². The molecule has 0 amide bonds. The fourth-order valence-corrected chi connectivity index (χ4v) is 2.49. The van der Waals surface area contributed by atoms with Crippen LogP contribution in [0.15, 0.2) is 65.9 Å². The number of aromatic carboxylic acids is 1. The van der Waals surface area contributed by atoms with E-state index in [1.807, 2.05) is 49.4 Å². The highest BCUT2D eigenvalue weighted by atomic mass is 16.5. The van der Waals surface area contributed by atoms with Gasteiger partial charge in [0, 0.05) is 6.20 Å². The summed E-state index contributed by atoms with van der Waals surface area (Å²) in [5.41, 5.74) is 5.95. The Balaban J connectivity index is 1.66. The van der Waals surface area contributed by atoms with Crippen molar-refractivity contribution in [3.05, 3.63) is 83.0 Å². The fourth-order valence-electron chi connectivity index (χ4n) is 2.49. The summed E-state index contributed by atoms with van der Waals surface area (Å²) in [6, 6.07) is 16.6. The number of carboxylic acids is 1. The third-order valence-corrected chi connectivity index (χ3v) is 4.11. The minimum absolute atomic E-state index is 0.116. The largest absolute Gasteiger partial charge is 0.493 e. The second-order valence-corrected chi connectivity index (χ2v) is 6.29. The molecule has 0 saturated carbocycles. The third kappa shape index (κ3) is 5.55. The van der Waals surface area contributed by atoms with Gasteiger partial charge in [0.1, 0.15) is 12.4 Å². The van der Waals surface area contributed by atoms with Gasteiger partial charge in [0.05, 0.1) is 18.9 Å². The van der Waals surface area contributed by atoms with Gasteiger partial charge in [-0.05, 0) is 48.4 Å². The zero-order valence-electron chi connectivity index (χ0n) is 16.1. The number of pyridine rings is 1. The predicted octanol–water partition coefficient (Wildman–Crippen LogP) is 4.12. The van der Waals surface area contributed by atoms with Crippen LogP contribution in [0.25, 0.3) is 0 Å². The highest BCUT2D eigenvalue weighted by Crippen LogP contribution is 2.28. The second kappa shape index (κ2) is 9.36. The standard InChI is InChI=1S/C22H21N3O4/c1-15-3-5-16(6-4-15)14-29-20-11-17(7-9-19(20)28-2)12-24-25-21-10-8-18(13-23-21)22(26)27/h3-13H,14H2,1-2H3,(H,23,25)(H,26,27)/b24-12+. The molecular weight excluding hydrogens is 370 g/mol. The average Bonchev–Trinajstić information content (AvgIpc) is 2.74. The maximum Gasteiger partial charge on any atom is 0.337 e. The molecular formula is C22H21N3O4. The highest BCUT2D eigenvalue weighted by Gasteiger charge is 2.06. The second-order valence-electron chi connectivity index (χ2n) is 6.29. The molecule has 7 heteroatoms. The lowest BCUT2D eigenvalue weighted by atomic mass is 10.1. The molecule has 1 heterocycles. The molecule has 3 rings (SSSR count). The van der Waals surface area contributed by atoms with E-state index in [1.54, 1.807) is 19.4 Å². The van der Waals surface area contributed by atoms with E-state index in [4.69, 9.17) is 14.6 Å². The average molecular weight is 391 g/mol. The number of aryl methyl sites for hydroxylation is 1. The van der Waals surface area contributed by atoms with Crippen LogP contribution in [0.1, 0.15) is 27.0 Å². The van der Waals surface area contributed by atoms with Gasteiger partial charge in [-0.2, -0.15) is 5.10 Å². The summed E-state index contributed by atoms with van der Waals surface area (Å²) in [5, 5.41) is 13.0. The first kappa shape index (κ1) is 19.9. The Morgan fingerprint density at radius 3 is 2.59 bits per heavy atom. The van der Waals surface area contributed by atoms with E-state index in [1.165, 1.54) is 17.8 Å². The number of hydrazone groups is 1. The summed E-state index contributed by atoms with van der Waals surface area (Å²) in [6.07, 6.45) is 2.88. The minimum atomic E-state index is -1.02. The molecule has 2 aromatic carbocycles. The summed E-state index contributed by atoms with van der Waals surface area (Å²) >= 11 is 0. The first-order chi connectivity index (χ1) is 14.0. The van der Waals surface area contributed by atoms with E-state index in [9.17, 15) is 4.79 Å². The van der Waals surface area contributed by atoms with Crippen LogP contribution in [0.3, 0.4) is 0 Å². The highest BCUT2D eigenvalue weighted by molar-refractivity contribution is 5.87. The number of nitrogens with one attached hydrogen (secondary N) is 1. The molecule has 0 fully saturated rings. The number of benzene rings is 2. The molecule has 2 N–H and O–H groups in total. The molecule has 0 aliphatic carbocycles. The van der Waals surface area contributed by atoms with Crippen LogP contribution in [-0.4, -0.2) is 29.4 Å². The molecule has 0 radical (unpaired) electrons. The van der Waals surface area contributed by atoms with Crippen molar-refractivity contribution in [1.29, 1.82) is 0 Å². The Bertz CT molecular complexity index is 1000. The quantitative estimate of drug-likeness (QED) is 0.443. The lowest BCUT2D eigenvalue weighted by molar-refractivity contribution is 0.0696. The zero-order chi connectivity index (χ0) is 20.6. The number of hydrogen-bond acceptors (Lipinski definition) is 6. The van der Waals surface area contributed by atoms with Crippen molar-refractivity contribution < 1.29 is 19.4 Å². The monoisotopic (exact) mass is 391 g/mol. The van der Waals surface area contributed by atoms with Crippen molar-refractivity contribution in [2.24, 2.45) is 5.10 Å². The number of anilines is 1. The number of nitrogens with zero attached hydrogens (tertiary/aromatic N) is 2. The van der Waals surface area contributed by atoms with Crippen LogP contribution in [0.4, 0.5) is 5.82 Å². The van der Waals surface area contributed by atoms with Gasteiger partial charge in [-0.3, -0.25) is 5.43 Å². The maximum absolute atomic E-state index is 10.8. The van der Waals surface area contributed by atoms with Crippen LogP contribution in [0.2, 0.25) is 0 Å². The summed E-state index contributed by atoms with van der Waals surface area (Å²) in [4.78, 5) is 14.8. The Morgan fingerprint density at radius 2 is 1.93 bits per heavy atom. The topological polar surface area (TPSA) is 93.0 Å². The van der Waals surface area contributed by atoms with Crippen LogP contribution in [-0.2, 0) is 6.61 Å². The van der Waals surface area contributed by atoms with Gasteiger partial charge in [0.2, 0.25) is 0 Å². The van der Waals surface area contributed by atoms with Crippen molar-refractivity contribution in [3.8, 4) is 11.5 Å². The van der Waals surface area contributed by atoms with Gasteiger partial charge >= 0.3 is 5.97 Å². The molecule has 0 aliphatic heterocycles. The number of aromatic nitrogens is 1. The fraction of sp³-hybridized carbons (Fsp3) is 0.136. The van der Waals surface area contributed by atoms with Crippen molar-refractivity contribution in [2.75, 3.05) is 12.5 Å². The molecule has 7 nitrogen and oxygen atoms in total. The lowest BCUT2D eigenvalue weighted by Gasteiger charge is -2.11. The molecule has 29 heavy (non-hydrogen) atoms. The summed E-state index contributed by atoms with van der Waals surface area (Å²) in [5.74, 6) is 0.661. The number of ether oxygens (including phenoxy) is 2. The molecule has 0 unspecified atom stereocenters. The van der Waals surface area contributed by atoms with Crippen molar-refractivity contribution in [1.82, 2.24) is 4.98 Å². The zero-order valence-corrected chi connectivity index (χ0v) is 16.1. The molecule has 0 saturated heterocycles. The van der Waals surface area contributed by atoms with Gasteiger partial charge in [0.15, 0.2) is 11.5 Å². The molecule has 3 aromatic rings. The smallest absolute Gasteiger partial charge is 0.337 e. The minimum Gasteiger partial charge on any atom is -0.493 e. The molecule has 0 aliphatic rings. The normalized spacial score (nSPS) is 10.7. The molecule has 1 aromatic heterocycles. The van der Waals surface area contributed by atoms with E-state index < -0.39 is 5.97 Å². The van der Waals surface area contributed by atoms with Gasteiger partial charge in [-0.15, -0.1) is 0 Å². The number of hydrogen-bond donors (Lipinski definition) is 2. The summed E-state index contributed by atoms with van der Waals surface area (Å²) in [6.45, 7) is 2.47. The van der Waals surface area contributed by atoms with E-state index in [-0.39, 0.29) is 5.56 Å². The number of carboxylic acid groups (broad SMARTS) is 1. The maximum atomic E-state index is 10.8. The third-order valence-electron chi connectivity index (χ3n) is 4.11. The van der Waals surface area contributed by atoms with E-state index >= 15 is 0 Å².